The van der Waals surface area contributed by atoms with Gasteiger partial charge in [-0.2, -0.15) is 0 Å². The SMILES string of the molecule is CCCOC(=O)CC1C(=O)NCCN1C(=O)COc1cccc(CC)c1. The van der Waals surface area contributed by atoms with Gasteiger partial charge in [0.05, 0.1) is 13.0 Å². The Labute approximate surface area is 153 Å². The largest absolute Gasteiger partial charge is 0.484 e. The van der Waals surface area contributed by atoms with Crippen LogP contribution in [0, 0.1) is 0 Å². The number of nitrogens with zero attached hydrogens (tertiary/aromatic N) is 1. The number of carbonyl (C=O) groups excluding carboxylic acids is 3. The number of hydrogen-bond donors (Lipinski definition) is 1. The second-order valence-electron chi connectivity index (χ2n) is 6.11. The van der Waals surface area contributed by atoms with Crippen LogP contribution in [0.3, 0.4) is 0 Å². The van der Waals surface area contributed by atoms with E-state index < -0.39 is 12.0 Å². The lowest BCUT2D eigenvalue weighted by Crippen LogP contribution is -2.58. The Balaban J connectivity index is 1.97. The third kappa shape index (κ3) is 5.47. The first kappa shape index (κ1) is 19.8. The smallest absolute Gasteiger partial charge is 0.308 e. The van der Waals surface area contributed by atoms with Crippen LogP contribution in [0.15, 0.2) is 24.3 Å². The number of benzene rings is 1. The minimum Gasteiger partial charge on any atom is -0.484 e. The minimum atomic E-state index is -0.855. The molecule has 1 aromatic carbocycles. The standard InChI is InChI=1S/C19H26N2O5/c1-3-10-25-18(23)12-16-19(24)20-8-9-21(16)17(22)13-26-15-7-5-6-14(4-2)11-15/h5-7,11,16H,3-4,8-10,12-13H2,1-2H3,(H,20,24). The minimum absolute atomic E-state index is 0.150. The normalized spacial score (nSPS) is 16.8. The average Bonchev–Trinajstić information content (AvgIpc) is 2.66. The van der Waals surface area contributed by atoms with E-state index in [2.05, 4.69) is 5.32 Å². The molecule has 1 fully saturated rings. The molecular formula is C19H26N2O5. The van der Waals surface area contributed by atoms with E-state index in [0.29, 0.717) is 31.9 Å². The summed E-state index contributed by atoms with van der Waals surface area (Å²) in [6.45, 7) is 4.75. The van der Waals surface area contributed by atoms with Crippen LogP contribution in [0.1, 0.15) is 32.3 Å². The molecule has 1 aliphatic rings. The van der Waals surface area contributed by atoms with E-state index in [0.717, 1.165) is 12.0 Å². The monoisotopic (exact) mass is 362 g/mol. The van der Waals surface area contributed by atoms with Crippen molar-refractivity contribution in [1.29, 1.82) is 0 Å². The highest BCUT2D eigenvalue weighted by molar-refractivity contribution is 5.92. The summed E-state index contributed by atoms with van der Waals surface area (Å²) in [6.07, 6.45) is 1.43. The maximum absolute atomic E-state index is 12.5. The fourth-order valence-corrected chi connectivity index (χ4v) is 2.73. The summed E-state index contributed by atoms with van der Waals surface area (Å²) in [5, 5.41) is 2.69. The number of piperazine rings is 1. The van der Waals surface area contributed by atoms with Crippen molar-refractivity contribution in [3.63, 3.8) is 0 Å². The van der Waals surface area contributed by atoms with Crippen molar-refractivity contribution < 1.29 is 23.9 Å². The highest BCUT2D eigenvalue weighted by Gasteiger charge is 2.35. The van der Waals surface area contributed by atoms with Gasteiger partial charge in [0.15, 0.2) is 6.61 Å². The maximum atomic E-state index is 12.5. The molecule has 0 aliphatic carbocycles. The van der Waals surface area contributed by atoms with Crippen molar-refractivity contribution in [2.24, 2.45) is 0 Å². The molecule has 0 spiro atoms. The molecule has 2 amide bonds. The summed E-state index contributed by atoms with van der Waals surface area (Å²) in [5.41, 5.74) is 1.11. The van der Waals surface area contributed by atoms with Crippen LogP contribution < -0.4 is 10.1 Å². The van der Waals surface area contributed by atoms with Crippen LogP contribution in [0.25, 0.3) is 0 Å². The summed E-state index contributed by atoms with van der Waals surface area (Å²) in [4.78, 5) is 37.9. The summed E-state index contributed by atoms with van der Waals surface area (Å²) in [6, 6.07) is 6.68. The number of carbonyl (C=O) groups is 3. The molecule has 0 aromatic heterocycles. The molecule has 1 unspecified atom stereocenters. The number of ether oxygens (including phenoxy) is 2. The highest BCUT2D eigenvalue weighted by Crippen LogP contribution is 2.15. The first-order chi connectivity index (χ1) is 12.5. The lowest BCUT2D eigenvalue weighted by Gasteiger charge is -2.34. The molecule has 0 radical (unpaired) electrons. The Morgan fingerprint density at radius 2 is 2.12 bits per heavy atom. The van der Waals surface area contributed by atoms with Gasteiger partial charge in [0.2, 0.25) is 5.91 Å². The fraction of sp³-hybridized carbons (Fsp3) is 0.526. The van der Waals surface area contributed by atoms with Crippen molar-refractivity contribution in [2.45, 2.75) is 39.2 Å². The van der Waals surface area contributed by atoms with Gasteiger partial charge in [-0.25, -0.2) is 0 Å². The molecule has 1 aromatic rings. The lowest BCUT2D eigenvalue weighted by molar-refractivity contribution is -0.152. The summed E-state index contributed by atoms with van der Waals surface area (Å²) < 4.78 is 10.6. The Morgan fingerprint density at radius 1 is 1.31 bits per heavy atom. The molecule has 2 rings (SSSR count). The third-order valence-electron chi connectivity index (χ3n) is 4.15. The van der Waals surface area contributed by atoms with Gasteiger partial charge >= 0.3 is 5.97 Å². The van der Waals surface area contributed by atoms with Crippen LogP contribution in [0.4, 0.5) is 0 Å². The highest BCUT2D eigenvalue weighted by atomic mass is 16.5. The van der Waals surface area contributed by atoms with E-state index >= 15 is 0 Å². The molecule has 0 saturated carbocycles. The van der Waals surface area contributed by atoms with Gasteiger partial charge in [0.25, 0.3) is 5.91 Å². The average molecular weight is 362 g/mol. The quantitative estimate of drug-likeness (QED) is 0.705. The van der Waals surface area contributed by atoms with Crippen LogP contribution in [0.2, 0.25) is 0 Å². The molecule has 26 heavy (non-hydrogen) atoms. The summed E-state index contributed by atoms with van der Waals surface area (Å²) in [5.74, 6) is -0.539. The second kappa shape index (κ2) is 9.79. The van der Waals surface area contributed by atoms with Gasteiger partial charge in [0, 0.05) is 13.1 Å². The van der Waals surface area contributed by atoms with Crippen LogP contribution >= 0.6 is 0 Å². The second-order valence-corrected chi connectivity index (χ2v) is 6.11. The Bertz CT molecular complexity index is 647. The number of nitrogens with one attached hydrogen (secondary N) is 1. The van der Waals surface area contributed by atoms with Crippen LogP contribution in [-0.4, -0.2) is 55.0 Å². The van der Waals surface area contributed by atoms with Crippen molar-refractivity contribution >= 4 is 17.8 Å². The van der Waals surface area contributed by atoms with Gasteiger partial charge in [-0.05, 0) is 30.5 Å². The van der Waals surface area contributed by atoms with Gasteiger partial charge in [-0.15, -0.1) is 0 Å². The van der Waals surface area contributed by atoms with E-state index in [9.17, 15) is 14.4 Å². The first-order valence-electron chi connectivity index (χ1n) is 8.99. The predicted molar refractivity (Wildman–Crippen MR) is 95.7 cm³/mol. The molecule has 1 saturated heterocycles. The molecular weight excluding hydrogens is 336 g/mol. The topological polar surface area (TPSA) is 84.9 Å². The molecule has 1 N–H and O–H groups in total. The summed E-state index contributed by atoms with van der Waals surface area (Å²) >= 11 is 0. The zero-order valence-corrected chi connectivity index (χ0v) is 15.3. The number of amides is 2. The van der Waals surface area contributed by atoms with Gasteiger partial charge < -0.3 is 19.7 Å². The molecule has 1 aliphatic heterocycles. The lowest BCUT2D eigenvalue weighted by atomic mass is 10.1. The first-order valence-corrected chi connectivity index (χ1v) is 8.99. The number of aryl methyl sites for hydroxylation is 1. The number of esters is 1. The van der Waals surface area contributed by atoms with Gasteiger partial charge in [-0.3, -0.25) is 14.4 Å². The van der Waals surface area contributed by atoms with E-state index in [1.165, 1.54) is 4.90 Å². The number of rotatable bonds is 8. The molecule has 0 bridgehead atoms. The fourth-order valence-electron chi connectivity index (χ4n) is 2.73. The van der Waals surface area contributed by atoms with Crippen LogP contribution in [0.5, 0.6) is 5.75 Å². The third-order valence-corrected chi connectivity index (χ3v) is 4.15. The maximum Gasteiger partial charge on any atom is 0.308 e. The van der Waals surface area contributed by atoms with Crippen molar-refractivity contribution in [2.75, 3.05) is 26.3 Å². The van der Waals surface area contributed by atoms with E-state index in [4.69, 9.17) is 9.47 Å². The Hall–Kier alpha value is -2.57. The number of hydrogen-bond acceptors (Lipinski definition) is 5. The van der Waals surface area contributed by atoms with E-state index in [1.807, 2.05) is 32.0 Å². The van der Waals surface area contributed by atoms with Crippen LogP contribution in [-0.2, 0) is 25.5 Å². The zero-order valence-electron chi connectivity index (χ0n) is 15.3. The molecule has 142 valence electrons. The van der Waals surface area contributed by atoms with Gasteiger partial charge in [-0.1, -0.05) is 26.0 Å². The van der Waals surface area contributed by atoms with Crippen molar-refractivity contribution in [3.8, 4) is 5.75 Å². The van der Waals surface area contributed by atoms with Crippen molar-refractivity contribution in [1.82, 2.24) is 10.2 Å². The molecule has 1 heterocycles. The van der Waals surface area contributed by atoms with Crippen molar-refractivity contribution in [3.05, 3.63) is 29.8 Å². The van der Waals surface area contributed by atoms with E-state index in [1.54, 1.807) is 6.07 Å². The Kier molecular flexibility index (Phi) is 7.44. The van der Waals surface area contributed by atoms with E-state index in [-0.39, 0.29) is 24.8 Å². The zero-order chi connectivity index (χ0) is 18.9. The Morgan fingerprint density at radius 3 is 2.85 bits per heavy atom. The van der Waals surface area contributed by atoms with Gasteiger partial charge in [0.1, 0.15) is 11.8 Å². The summed E-state index contributed by atoms with van der Waals surface area (Å²) in [7, 11) is 0. The molecule has 7 nitrogen and oxygen atoms in total. The molecule has 7 heteroatoms. The molecule has 1 atom stereocenters. The predicted octanol–water partition coefficient (Wildman–Crippen LogP) is 1.30.